The minimum absolute atomic E-state index is 0.708. The average Bonchev–Trinajstić information content (AvgIpc) is 2.80. The highest BCUT2D eigenvalue weighted by atomic mass is 79.9. The van der Waals surface area contributed by atoms with Crippen LogP contribution in [-0.2, 0) is 6.54 Å². The first-order valence-corrected chi connectivity index (χ1v) is 7.28. The van der Waals surface area contributed by atoms with Crippen LogP contribution in [-0.4, -0.2) is 14.4 Å². The summed E-state index contributed by atoms with van der Waals surface area (Å²) in [5, 5.41) is 3.37. The van der Waals surface area contributed by atoms with E-state index in [2.05, 4.69) is 47.1 Å². The first-order chi connectivity index (χ1) is 9.22. The highest BCUT2D eigenvalue weighted by molar-refractivity contribution is 9.10. The van der Waals surface area contributed by atoms with Crippen molar-refractivity contribution in [2.24, 2.45) is 0 Å². The van der Waals surface area contributed by atoms with E-state index in [-0.39, 0.29) is 0 Å². The highest BCUT2D eigenvalue weighted by Crippen LogP contribution is 2.16. The Hall–Kier alpha value is -1.40. The monoisotopic (exact) mass is 380 g/mol. The Kier molecular flexibility index (Phi) is 3.52. The molecule has 0 aliphatic carbocycles. The number of aromatic nitrogens is 3. The molecule has 19 heavy (non-hydrogen) atoms. The second-order valence-corrected chi connectivity index (χ2v) is 5.78. The molecule has 0 radical (unpaired) electrons. The fourth-order valence-corrected chi connectivity index (χ4v) is 2.38. The molecule has 6 heteroatoms. The molecular weight excluding hydrogens is 372 g/mol. The number of fused-ring (bicyclic) bond motifs is 1. The van der Waals surface area contributed by atoms with Crippen molar-refractivity contribution in [1.29, 1.82) is 0 Å². The third-order valence-electron chi connectivity index (χ3n) is 2.76. The number of imidazole rings is 1. The zero-order valence-corrected chi connectivity index (χ0v) is 13.0. The molecule has 2 heterocycles. The van der Waals surface area contributed by atoms with Gasteiger partial charge in [0, 0.05) is 16.4 Å². The van der Waals surface area contributed by atoms with Gasteiger partial charge >= 0.3 is 0 Å². The van der Waals surface area contributed by atoms with Gasteiger partial charge in [-0.15, -0.1) is 0 Å². The molecule has 3 aromatic rings. The average molecular weight is 382 g/mol. The fourth-order valence-electron chi connectivity index (χ4n) is 1.81. The Morgan fingerprint density at radius 3 is 2.63 bits per heavy atom. The Bertz CT molecular complexity index is 706. The second kappa shape index (κ2) is 5.30. The Morgan fingerprint density at radius 2 is 1.84 bits per heavy atom. The standard InChI is InChI=1S/C13H10Br2N4/c14-9-1-3-10(4-2-9)16-5-11-6-18-13-7-17-12(15)8-19(11)13/h1-4,6-8,16H,5H2. The van der Waals surface area contributed by atoms with E-state index in [9.17, 15) is 0 Å². The summed E-state index contributed by atoms with van der Waals surface area (Å²) in [5.74, 6) is 0. The molecule has 1 aromatic carbocycles. The van der Waals surface area contributed by atoms with Crippen LogP contribution in [0.5, 0.6) is 0 Å². The largest absolute Gasteiger partial charge is 0.379 e. The fraction of sp³-hybridized carbons (Fsp3) is 0.0769. The maximum absolute atomic E-state index is 4.32. The van der Waals surface area contributed by atoms with Gasteiger partial charge in [0.1, 0.15) is 4.60 Å². The predicted molar refractivity (Wildman–Crippen MR) is 82.2 cm³/mol. The number of rotatable bonds is 3. The van der Waals surface area contributed by atoms with Crippen molar-refractivity contribution >= 4 is 43.2 Å². The molecule has 0 fully saturated rings. The van der Waals surface area contributed by atoms with E-state index in [0.717, 1.165) is 26.1 Å². The van der Waals surface area contributed by atoms with Crippen LogP contribution >= 0.6 is 31.9 Å². The van der Waals surface area contributed by atoms with E-state index in [1.54, 1.807) is 6.20 Å². The lowest BCUT2D eigenvalue weighted by Gasteiger charge is -2.06. The third-order valence-corrected chi connectivity index (χ3v) is 3.70. The molecule has 0 saturated heterocycles. The molecule has 0 spiro atoms. The van der Waals surface area contributed by atoms with Crippen molar-refractivity contribution in [3.8, 4) is 0 Å². The van der Waals surface area contributed by atoms with Crippen molar-refractivity contribution in [2.45, 2.75) is 6.54 Å². The van der Waals surface area contributed by atoms with Gasteiger partial charge in [0.25, 0.3) is 0 Å². The summed E-state index contributed by atoms with van der Waals surface area (Å²) in [6.45, 7) is 0.708. The summed E-state index contributed by atoms with van der Waals surface area (Å²) in [7, 11) is 0. The van der Waals surface area contributed by atoms with Crippen LogP contribution in [0.15, 0.2) is 51.9 Å². The third kappa shape index (κ3) is 2.79. The van der Waals surface area contributed by atoms with E-state index in [0.29, 0.717) is 6.54 Å². The molecule has 0 bridgehead atoms. The first kappa shape index (κ1) is 12.6. The molecule has 4 nitrogen and oxygen atoms in total. The number of benzene rings is 1. The maximum atomic E-state index is 4.32. The zero-order valence-electron chi connectivity index (χ0n) is 9.85. The van der Waals surface area contributed by atoms with Crippen LogP contribution < -0.4 is 5.32 Å². The molecular formula is C13H10Br2N4. The molecule has 0 atom stereocenters. The molecule has 1 N–H and O–H groups in total. The topological polar surface area (TPSA) is 42.2 Å². The Balaban J connectivity index is 1.81. The lowest BCUT2D eigenvalue weighted by Crippen LogP contribution is -2.02. The van der Waals surface area contributed by atoms with Crippen molar-refractivity contribution in [3.05, 3.63) is 57.6 Å². The SMILES string of the molecule is Brc1ccc(NCc2cnc3cnc(Br)cn23)cc1. The van der Waals surface area contributed by atoms with Crippen molar-refractivity contribution in [2.75, 3.05) is 5.32 Å². The molecule has 0 aliphatic heterocycles. The van der Waals surface area contributed by atoms with Crippen LogP contribution in [0.25, 0.3) is 5.65 Å². The number of nitrogens with one attached hydrogen (secondary N) is 1. The number of nitrogens with zero attached hydrogens (tertiary/aromatic N) is 3. The van der Waals surface area contributed by atoms with Gasteiger partial charge in [-0.05, 0) is 40.2 Å². The van der Waals surface area contributed by atoms with Crippen LogP contribution in [0, 0.1) is 0 Å². The van der Waals surface area contributed by atoms with Gasteiger partial charge < -0.3 is 5.32 Å². The van der Waals surface area contributed by atoms with Gasteiger partial charge in [-0.1, -0.05) is 15.9 Å². The molecule has 0 aliphatic rings. The highest BCUT2D eigenvalue weighted by Gasteiger charge is 2.04. The van der Waals surface area contributed by atoms with E-state index in [4.69, 9.17) is 0 Å². The number of anilines is 1. The summed E-state index contributed by atoms with van der Waals surface area (Å²) in [5.41, 5.74) is 3.00. The first-order valence-electron chi connectivity index (χ1n) is 5.69. The molecule has 0 saturated carbocycles. The Morgan fingerprint density at radius 1 is 1.05 bits per heavy atom. The van der Waals surface area contributed by atoms with Crippen LogP contribution in [0.2, 0.25) is 0 Å². The summed E-state index contributed by atoms with van der Waals surface area (Å²) < 4.78 is 3.88. The Labute approximate surface area is 127 Å². The summed E-state index contributed by atoms with van der Waals surface area (Å²) >= 11 is 6.79. The number of hydrogen-bond donors (Lipinski definition) is 1. The van der Waals surface area contributed by atoms with E-state index < -0.39 is 0 Å². The van der Waals surface area contributed by atoms with Crippen LogP contribution in [0.4, 0.5) is 5.69 Å². The molecule has 96 valence electrons. The summed E-state index contributed by atoms with van der Waals surface area (Å²) in [6.07, 6.45) is 5.52. The van der Waals surface area contributed by atoms with Gasteiger partial charge in [0.15, 0.2) is 5.65 Å². The minimum atomic E-state index is 0.708. The lowest BCUT2D eigenvalue weighted by atomic mass is 10.3. The maximum Gasteiger partial charge on any atom is 0.155 e. The van der Waals surface area contributed by atoms with Gasteiger partial charge in [-0.2, -0.15) is 0 Å². The van der Waals surface area contributed by atoms with Crippen LogP contribution in [0.3, 0.4) is 0 Å². The van der Waals surface area contributed by atoms with E-state index in [1.807, 2.05) is 41.1 Å². The van der Waals surface area contributed by atoms with E-state index >= 15 is 0 Å². The van der Waals surface area contributed by atoms with Gasteiger partial charge in [-0.25, -0.2) is 9.97 Å². The predicted octanol–water partition coefficient (Wildman–Crippen LogP) is 3.87. The molecule has 2 aromatic heterocycles. The van der Waals surface area contributed by atoms with Gasteiger partial charge in [-0.3, -0.25) is 4.40 Å². The normalized spacial score (nSPS) is 10.8. The molecule has 3 rings (SSSR count). The molecule has 0 unspecified atom stereocenters. The smallest absolute Gasteiger partial charge is 0.155 e. The minimum Gasteiger partial charge on any atom is -0.379 e. The van der Waals surface area contributed by atoms with Crippen molar-refractivity contribution in [1.82, 2.24) is 14.4 Å². The second-order valence-electron chi connectivity index (χ2n) is 4.05. The van der Waals surface area contributed by atoms with Gasteiger partial charge in [0.2, 0.25) is 0 Å². The van der Waals surface area contributed by atoms with Crippen LogP contribution in [0.1, 0.15) is 5.69 Å². The number of hydrogen-bond acceptors (Lipinski definition) is 3. The molecule has 0 amide bonds. The number of halogens is 2. The zero-order chi connectivity index (χ0) is 13.2. The van der Waals surface area contributed by atoms with Crippen molar-refractivity contribution < 1.29 is 0 Å². The summed E-state index contributed by atoms with van der Waals surface area (Å²) in [6, 6.07) is 8.09. The summed E-state index contributed by atoms with van der Waals surface area (Å²) in [4.78, 5) is 8.47. The van der Waals surface area contributed by atoms with Gasteiger partial charge in [0.05, 0.1) is 24.6 Å². The lowest BCUT2D eigenvalue weighted by molar-refractivity contribution is 0.983. The quantitative estimate of drug-likeness (QED) is 0.748. The van der Waals surface area contributed by atoms with E-state index in [1.165, 1.54) is 0 Å². The van der Waals surface area contributed by atoms with Crippen molar-refractivity contribution in [3.63, 3.8) is 0 Å².